The summed E-state index contributed by atoms with van der Waals surface area (Å²) in [6.45, 7) is 0.472. The number of fused-ring (bicyclic) bond motifs is 4. The average Bonchev–Trinajstić information content (AvgIpc) is 3.52. The second kappa shape index (κ2) is 8.60. The minimum absolute atomic E-state index is 0.0123. The number of hydrogen-bond acceptors (Lipinski definition) is 3. The molecule has 3 heterocycles. The molecule has 3 aromatic carbocycles. The fraction of sp³-hybridized carbons (Fsp3) is 0.148. The summed E-state index contributed by atoms with van der Waals surface area (Å²) in [5.41, 5.74) is 4.49. The third-order valence-corrected chi connectivity index (χ3v) is 6.72. The lowest BCUT2D eigenvalue weighted by atomic mass is 10.1. The van der Waals surface area contributed by atoms with Crippen molar-refractivity contribution in [1.82, 2.24) is 14.5 Å². The van der Waals surface area contributed by atoms with Gasteiger partial charge in [-0.15, -0.1) is 0 Å². The number of H-pyrrole nitrogens is 1. The molecule has 1 aliphatic heterocycles. The van der Waals surface area contributed by atoms with E-state index in [9.17, 15) is 9.59 Å². The van der Waals surface area contributed by atoms with Gasteiger partial charge in [0, 0.05) is 34.4 Å². The normalized spacial score (nSPS) is 15.2. The van der Waals surface area contributed by atoms with Gasteiger partial charge in [-0.1, -0.05) is 41.9 Å². The highest BCUT2D eigenvalue weighted by Gasteiger charge is 2.40. The molecule has 2 aromatic heterocycles. The second-order valence-corrected chi connectivity index (χ2v) is 9.08. The zero-order chi connectivity index (χ0) is 23.9. The average molecular weight is 484 g/mol. The zero-order valence-electron chi connectivity index (χ0n) is 18.7. The van der Waals surface area contributed by atoms with Gasteiger partial charge in [-0.25, -0.2) is 4.98 Å². The second-order valence-electron chi connectivity index (χ2n) is 8.64. The number of para-hydroxylation sites is 3. The summed E-state index contributed by atoms with van der Waals surface area (Å²) in [5, 5.41) is 4.61. The molecular weight excluding hydrogens is 462 g/mol. The summed E-state index contributed by atoms with van der Waals surface area (Å²) in [5.74, 6) is 0.220. The van der Waals surface area contributed by atoms with Crippen molar-refractivity contribution in [3.8, 4) is 0 Å². The predicted molar refractivity (Wildman–Crippen MR) is 138 cm³/mol. The summed E-state index contributed by atoms with van der Waals surface area (Å²) in [6, 6.07) is 22.1. The van der Waals surface area contributed by atoms with Gasteiger partial charge in [0.15, 0.2) is 0 Å². The fourth-order valence-corrected chi connectivity index (χ4v) is 4.92. The van der Waals surface area contributed by atoms with Crippen LogP contribution in [-0.4, -0.2) is 32.9 Å². The Morgan fingerprint density at radius 2 is 1.80 bits per heavy atom. The van der Waals surface area contributed by atoms with Crippen molar-refractivity contribution >= 4 is 57.0 Å². The molecule has 1 aliphatic rings. The number of hydrogen-bond donors (Lipinski definition) is 2. The monoisotopic (exact) mass is 483 g/mol. The molecule has 0 bridgehead atoms. The lowest BCUT2D eigenvalue weighted by molar-refractivity contribution is -0.124. The van der Waals surface area contributed by atoms with E-state index >= 15 is 0 Å². The number of rotatable bonds is 6. The van der Waals surface area contributed by atoms with Crippen LogP contribution in [0.3, 0.4) is 0 Å². The van der Waals surface area contributed by atoms with Crippen molar-refractivity contribution in [3.05, 3.63) is 89.6 Å². The van der Waals surface area contributed by atoms with E-state index < -0.39 is 6.04 Å². The first kappa shape index (κ1) is 21.4. The van der Waals surface area contributed by atoms with E-state index in [2.05, 4.69) is 16.4 Å². The van der Waals surface area contributed by atoms with Crippen LogP contribution in [0.1, 0.15) is 18.0 Å². The van der Waals surface area contributed by atoms with E-state index in [1.165, 1.54) is 0 Å². The number of halogens is 1. The van der Waals surface area contributed by atoms with Crippen molar-refractivity contribution in [3.63, 3.8) is 0 Å². The van der Waals surface area contributed by atoms with Gasteiger partial charge in [0.2, 0.25) is 11.9 Å². The van der Waals surface area contributed by atoms with E-state index in [4.69, 9.17) is 16.6 Å². The Morgan fingerprint density at radius 1 is 1.03 bits per heavy atom. The van der Waals surface area contributed by atoms with E-state index in [0.29, 0.717) is 29.6 Å². The molecule has 0 unspecified atom stereocenters. The summed E-state index contributed by atoms with van der Waals surface area (Å²) in [4.78, 5) is 36.2. The number of amides is 2. The number of benzene rings is 3. The number of nitrogens with zero attached hydrogens (tertiary/aromatic N) is 3. The van der Waals surface area contributed by atoms with Crippen LogP contribution < -0.4 is 10.2 Å². The molecule has 2 N–H and O–H groups in total. The van der Waals surface area contributed by atoms with Crippen LogP contribution in [0.5, 0.6) is 0 Å². The molecule has 8 heteroatoms. The Hall–Kier alpha value is -4.10. The lowest BCUT2D eigenvalue weighted by Gasteiger charge is -2.16. The molecule has 174 valence electrons. The van der Waals surface area contributed by atoms with E-state index in [-0.39, 0.29) is 18.2 Å². The van der Waals surface area contributed by atoms with Crippen LogP contribution in [0.2, 0.25) is 5.02 Å². The highest BCUT2D eigenvalue weighted by atomic mass is 35.5. The molecule has 35 heavy (non-hydrogen) atoms. The number of carbonyl (C=O) groups excluding carboxylic acids is 2. The Labute approximate surface area is 206 Å². The topological polar surface area (TPSA) is 83.0 Å². The number of aromatic nitrogens is 3. The van der Waals surface area contributed by atoms with Gasteiger partial charge in [-0.05, 0) is 54.4 Å². The largest absolute Gasteiger partial charge is 0.361 e. The van der Waals surface area contributed by atoms with Crippen molar-refractivity contribution < 1.29 is 9.59 Å². The summed E-state index contributed by atoms with van der Waals surface area (Å²) in [7, 11) is 0. The van der Waals surface area contributed by atoms with Crippen molar-refractivity contribution in [2.75, 3.05) is 16.8 Å². The molecule has 0 radical (unpaired) electrons. The maximum Gasteiger partial charge on any atom is 0.253 e. The SMILES string of the molecule is O=C(C[C@@H]1C(=O)N(CCc2c[nH]c3ccccc23)c2nc3ccccc3n21)Nc1ccc(Cl)cc1. The molecule has 5 aromatic rings. The molecule has 0 spiro atoms. The number of anilines is 2. The van der Waals surface area contributed by atoms with Gasteiger partial charge in [0.05, 0.1) is 17.5 Å². The third kappa shape index (κ3) is 3.84. The first-order chi connectivity index (χ1) is 17.1. The minimum atomic E-state index is -0.660. The zero-order valence-corrected chi connectivity index (χ0v) is 19.5. The van der Waals surface area contributed by atoms with Crippen LogP contribution in [0.15, 0.2) is 79.0 Å². The van der Waals surface area contributed by atoms with Gasteiger partial charge < -0.3 is 10.3 Å². The summed E-state index contributed by atoms with van der Waals surface area (Å²) >= 11 is 5.94. The number of carbonyl (C=O) groups is 2. The first-order valence-electron chi connectivity index (χ1n) is 11.5. The molecule has 0 aliphatic carbocycles. The quantitative estimate of drug-likeness (QED) is 0.342. The van der Waals surface area contributed by atoms with Crippen LogP contribution in [0.4, 0.5) is 11.6 Å². The smallest absolute Gasteiger partial charge is 0.253 e. The van der Waals surface area contributed by atoms with Gasteiger partial charge in [0.25, 0.3) is 5.91 Å². The molecule has 6 rings (SSSR count). The Kier molecular flexibility index (Phi) is 5.26. The maximum atomic E-state index is 13.6. The summed E-state index contributed by atoms with van der Waals surface area (Å²) < 4.78 is 1.90. The van der Waals surface area contributed by atoms with Crippen molar-refractivity contribution in [1.29, 1.82) is 0 Å². The van der Waals surface area contributed by atoms with Crippen LogP contribution in [0, 0.1) is 0 Å². The number of nitrogens with one attached hydrogen (secondary N) is 2. The standard InChI is InChI=1S/C27H22ClN5O2/c28-18-9-11-19(12-10-18)30-25(34)15-24-26(35)32(27-31-22-7-3-4-8-23(22)33(24)27)14-13-17-16-29-21-6-2-1-5-20(17)21/h1-12,16,24,29H,13-15H2,(H,30,34)/t24-/m1/s1. The van der Waals surface area contributed by atoms with Crippen molar-refractivity contribution in [2.24, 2.45) is 0 Å². The third-order valence-electron chi connectivity index (χ3n) is 6.47. The molecule has 2 amide bonds. The van der Waals surface area contributed by atoms with Gasteiger partial charge in [0.1, 0.15) is 6.04 Å². The van der Waals surface area contributed by atoms with E-state index in [1.807, 2.05) is 53.2 Å². The van der Waals surface area contributed by atoms with E-state index in [1.54, 1.807) is 29.2 Å². The minimum Gasteiger partial charge on any atom is -0.361 e. The van der Waals surface area contributed by atoms with Crippen LogP contribution >= 0.6 is 11.6 Å². The van der Waals surface area contributed by atoms with Crippen LogP contribution in [-0.2, 0) is 16.0 Å². The van der Waals surface area contributed by atoms with Crippen molar-refractivity contribution in [2.45, 2.75) is 18.9 Å². The maximum absolute atomic E-state index is 13.6. The van der Waals surface area contributed by atoms with E-state index in [0.717, 1.165) is 27.5 Å². The number of imidazole rings is 1. The Morgan fingerprint density at radius 3 is 2.66 bits per heavy atom. The van der Waals surface area contributed by atoms with Gasteiger partial charge >= 0.3 is 0 Å². The van der Waals surface area contributed by atoms with Gasteiger partial charge in [-0.2, -0.15) is 0 Å². The van der Waals surface area contributed by atoms with Crippen LogP contribution in [0.25, 0.3) is 21.9 Å². The Bertz CT molecular complexity index is 1570. The molecule has 7 nitrogen and oxygen atoms in total. The highest BCUT2D eigenvalue weighted by Crippen LogP contribution is 2.37. The number of aromatic amines is 1. The Balaban J connectivity index is 1.28. The molecule has 1 atom stereocenters. The molecular formula is C27H22ClN5O2. The molecule has 0 fully saturated rings. The van der Waals surface area contributed by atoms with Gasteiger partial charge in [-0.3, -0.25) is 19.1 Å². The fourth-order valence-electron chi connectivity index (χ4n) is 4.80. The molecule has 0 saturated heterocycles. The first-order valence-corrected chi connectivity index (χ1v) is 11.8. The predicted octanol–water partition coefficient (Wildman–Crippen LogP) is 5.33. The lowest BCUT2D eigenvalue weighted by Crippen LogP contribution is -2.33. The molecule has 0 saturated carbocycles. The summed E-state index contributed by atoms with van der Waals surface area (Å²) in [6.07, 6.45) is 2.67. The highest BCUT2D eigenvalue weighted by molar-refractivity contribution is 6.30.